The summed E-state index contributed by atoms with van der Waals surface area (Å²) < 4.78 is 4.69. The van der Waals surface area contributed by atoms with Gasteiger partial charge in [-0.1, -0.05) is 26.0 Å². The van der Waals surface area contributed by atoms with Crippen molar-refractivity contribution >= 4 is 11.9 Å². The van der Waals surface area contributed by atoms with Crippen molar-refractivity contribution < 1.29 is 19.4 Å². The van der Waals surface area contributed by atoms with E-state index in [4.69, 9.17) is 0 Å². The number of phenolic OH excluding ortho intramolecular Hbond substituents is 1. The predicted octanol–water partition coefficient (Wildman–Crippen LogP) is 1.25. The first kappa shape index (κ1) is 15.0. The summed E-state index contributed by atoms with van der Waals surface area (Å²) in [5, 5.41) is 11.9. The van der Waals surface area contributed by atoms with Crippen LogP contribution in [0.2, 0.25) is 0 Å². The first-order valence-electron chi connectivity index (χ1n) is 6.10. The molecular formula is C14H19NO4. The van der Waals surface area contributed by atoms with Crippen LogP contribution in [-0.2, 0) is 20.7 Å². The molecule has 5 nitrogen and oxygen atoms in total. The highest BCUT2D eigenvalue weighted by molar-refractivity contribution is 5.85. The Hall–Kier alpha value is -2.04. The molecule has 1 aromatic carbocycles. The number of esters is 1. The van der Waals surface area contributed by atoms with Gasteiger partial charge in [0.25, 0.3) is 0 Å². The summed E-state index contributed by atoms with van der Waals surface area (Å²) in [6, 6.07) is 5.76. The van der Waals surface area contributed by atoms with Crippen molar-refractivity contribution in [2.45, 2.75) is 26.3 Å². The second-order valence-electron chi connectivity index (χ2n) is 4.61. The second kappa shape index (κ2) is 6.78. The number of carbonyl (C=O) groups is 2. The van der Waals surface area contributed by atoms with Crippen molar-refractivity contribution in [2.24, 2.45) is 5.92 Å². The lowest BCUT2D eigenvalue weighted by Gasteiger charge is -2.18. The fraction of sp³-hybridized carbons (Fsp3) is 0.429. The van der Waals surface area contributed by atoms with E-state index >= 15 is 0 Å². The Morgan fingerprint density at radius 2 is 1.84 bits per heavy atom. The number of hydrogen-bond donors (Lipinski definition) is 2. The van der Waals surface area contributed by atoms with Crippen LogP contribution in [0, 0.1) is 5.92 Å². The lowest BCUT2D eigenvalue weighted by Crippen LogP contribution is -2.44. The molecule has 0 aliphatic heterocycles. The topological polar surface area (TPSA) is 75.6 Å². The Balaban J connectivity index is 2.77. The minimum absolute atomic E-state index is 0.157. The van der Waals surface area contributed by atoms with E-state index in [2.05, 4.69) is 10.1 Å². The third-order valence-corrected chi connectivity index (χ3v) is 2.70. The van der Waals surface area contributed by atoms with E-state index in [0.717, 1.165) is 5.56 Å². The molecule has 5 heteroatoms. The van der Waals surface area contributed by atoms with Crippen LogP contribution in [0.25, 0.3) is 0 Å². The smallest absolute Gasteiger partial charge is 0.328 e. The molecule has 0 saturated heterocycles. The Kier molecular flexibility index (Phi) is 5.36. The minimum atomic E-state index is -0.718. The van der Waals surface area contributed by atoms with Crippen LogP contribution in [0.15, 0.2) is 24.3 Å². The van der Waals surface area contributed by atoms with Gasteiger partial charge in [0, 0.05) is 12.3 Å². The van der Waals surface area contributed by atoms with Crippen molar-refractivity contribution in [1.82, 2.24) is 5.32 Å². The number of nitrogens with one attached hydrogen (secondary N) is 1. The van der Waals surface area contributed by atoms with Crippen LogP contribution < -0.4 is 5.32 Å². The lowest BCUT2D eigenvalue weighted by molar-refractivity contribution is -0.145. The molecule has 1 rings (SSSR count). The molecule has 0 spiro atoms. The van der Waals surface area contributed by atoms with Gasteiger partial charge in [0.05, 0.1) is 7.11 Å². The highest BCUT2D eigenvalue weighted by Crippen LogP contribution is 2.12. The molecule has 0 aliphatic carbocycles. The zero-order chi connectivity index (χ0) is 14.4. The quantitative estimate of drug-likeness (QED) is 0.786. The molecule has 0 aliphatic rings. The summed E-state index contributed by atoms with van der Waals surface area (Å²) in [5.41, 5.74) is 0.831. The van der Waals surface area contributed by atoms with E-state index in [0.29, 0.717) is 6.42 Å². The average Bonchev–Trinajstić information content (AvgIpc) is 2.39. The maximum atomic E-state index is 11.7. The number of aromatic hydroxyl groups is 1. The normalized spacial score (nSPS) is 12.0. The van der Waals surface area contributed by atoms with Gasteiger partial charge in [0.1, 0.15) is 11.8 Å². The van der Waals surface area contributed by atoms with Crippen molar-refractivity contribution in [2.75, 3.05) is 7.11 Å². The molecule has 1 amide bonds. The third kappa shape index (κ3) is 4.62. The molecule has 0 fully saturated rings. The fourth-order valence-corrected chi connectivity index (χ4v) is 1.54. The van der Waals surface area contributed by atoms with Crippen molar-refractivity contribution in [1.29, 1.82) is 0 Å². The summed E-state index contributed by atoms with van der Waals surface area (Å²) in [6.45, 7) is 3.51. The molecule has 1 aromatic rings. The molecule has 0 saturated carbocycles. The van der Waals surface area contributed by atoms with Gasteiger partial charge >= 0.3 is 5.97 Å². The zero-order valence-electron chi connectivity index (χ0n) is 11.3. The molecule has 2 N–H and O–H groups in total. The number of amides is 1. The first-order valence-corrected chi connectivity index (χ1v) is 6.10. The summed E-state index contributed by atoms with van der Waals surface area (Å²) in [7, 11) is 1.29. The highest BCUT2D eigenvalue weighted by atomic mass is 16.5. The molecule has 0 aromatic heterocycles. The maximum Gasteiger partial charge on any atom is 0.328 e. The van der Waals surface area contributed by atoms with E-state index in [1.807, 2.05) is 0 Å². The third-order valence-electron chi connectivity index (χ3n) is 2.70. The van der Waals surface area contributed by atoms with Crippen molar-refractivity contribution in [3.05, 3.63) is 29.8 Å². The molecule has 0 heterocycles. The van der Waals surface area contributed by atoms with Crippen LogP contribution in [0.5, 0.6) is 5.75 Å². The molecule has 0 unspecified atom stereocenters. The van der Waals surface area contributed by atoms with Gasteiger partial charge in [-0.2, -0.15) is 0 Å². The van der Waals surface area contributed by atoms with Crippen LogP contribution in [0.4, 0.5) is 0 Å². The van der Waals surface area contributed by atoms with Crippen LogP contribution in [0.1, 0.15) is 19.4 Å². The molecule has 0 radical (unpaired) electrons. The van der Waals surface area contributed by atoms with E-state index in [9.17, 15) is 14.7 Å². The van der Waals surface area contributed by atoms with Gasteiger partial charge in [-0.25, -0.2) is 4.79 Å². The van der Waals surface area contributed by atoms with E-state index < -0.39 is 12.0 Å². The molecule has 19 heavy (non-hydrogen) atoms. The molecule has 104 valence electrons. The highest BCUT2D eigenvalue weighted by Gasteiger charge is 2.22. The minimum Gasteiger partial charge on any atom is -0.508 e. The number of ether oxygens (including phenoxy) is 1. The summed E-state index contributed by atoms with van der Waals surface area (Å²) in [4.78, 5) is 23.3. The number of rotatable bonds is 5. The number of hydrogen-bond acceptors (Lipinski definition) is 4. The van der Waals surface area contributed by atoms with Gasteiger partial charge in [0.2, 0.25) is 5.91 Å². The summed E-state index contributed by atoms with van der Waals surface area (Å²) in [5.74, 6) is -0.729. The number of methoxy groups -OCH3 is 1. The van der Waals surface area contributed by atoms with E-state index in [1.165, 1.54) is 19.2 Å². The van der Waals surface area contributed by atoms with Gasteiger partial charge in [0.15, 0.2) is 0 Å². The molecular weight excluding hydrogens is 246 g/mol. The maximum absolute atomic E-state index is 11.7. The van der Waals surface area contributed by atoms with Gasteiger partial charge in [-0.15, -0.1) is 0 Å². The second-order valence-corrected chi connectivity index (χ2v) is 4.61. The lowest BCUT2D eigenvalue weighted by atomic mass is 10.0. The number of benzene rings is 1. The average molecular weight is 265 g/mol. The van der Waals surface area contributed by atoms with Gasteiger partial charge < -0.3 is 15.2 Å². The van der Waals surface area contributed by atoms with Crippen molar-refractivity contribution in [3.8, 4) is 5.75 Å². The zero-order valence-corrected chi connectivity index (χ0v) is 11.3. The van der Waals surface area contributed by atoms with Crippen LogP contribution >= 0.6 is 0 Å². The summed E-state index contributed by atoms with van der Waals surface area (Å²) in [6.07, 6.45) is 0.325. The van der Waals surface area contributed by atoms with Crippen LogP contribution in [0.3, 0.4) is 0 Å². The standard InChI is InChI=1S/C14H19NO4/c1-9(2)13(17)15-12(14(18)19-3)8-10-4-6-11(16)7-5-10/h4-7,9,12,16H,8H2,1-3H3,(H,15,17)/t12-/m0/s1. The van der Waals surface area contributed by atoms with Crippen molar-refractivity contribution in [3.63, 3.8) is 0 Å². The Bertz CT molecular complexity index is 439. The number of carbonyl (C=O) groups excluding carboxylic acids is 2. The molecule has 1 atom stereocenters. The first-order chi connectivity index (χ1) is 8.93. The predicted molar refractivity (Wildman–Crippen MR) is 70.6 cm³/mol. The number of phenols is 1. The Morgan fingerprint density at radius 1 is 1.26 bits per heavy atom. The van der Waals surface area contributed by atoms with E-state index in [1.54, 1.807) is 26.0 Å². The molecule has 0 bridgehead atoms. The summed E-state index contributed by atoms with van der Waals surface area (Å²) >= 11 is 0. The Morgan fingerprint density at radius 3 is 2.32 bits per heavy atom. The van der Waals surface area contributed by atoms with E-state index in [-0.39, 0.29) is 17.6 Å². The van der Waals surface area contributed by atoms with Crippen LogP contribution in [-0.4, -0.2) is 30.1 Å². The SMILES string of the molecule is COC(=O)[C@H](Cc1ccc(O)cc1)NC(=O)C(C)C. The largest absolute Gasteiger partial charge is 0.508 e. The van der Waals surface area contributed by atoms with Gasteiger partial charge in [-0.3, -0.25) is 4.79 Å². The Labute approximate surface area is 112 Å². The monoisotopic (exact) mass is 265 g/mol. The van der Waals surface area contributed by atoms with Gasteiger partial charge in [-0.05, 0) is 17.7 Å². The fourth-order valence-electron chi connectivity index (χ4n) is 1.54.